The summed E-state index contributed by atoms with van der Waals surface area (Å²) in [6.07, 6.45) is -0.761. The molecule has 142 valence electrons. The second kappa shape index (κ2) is 8.02. The van der Waals surface area contributed by atoms with Gasteiger partial charge in [0.2, 0.25) is 10.0 Å². The van der Waals surface area contributed by atoms with Crippen molar-refractivity contribution in [3.05, 3.63) is 42.5 Å². The Morgan fingerprint density at radius 3 is 2.54 bits per heavy atom. The lowest BCUT2D eigenvalue weighted by Gasteiger charge is -2.40. The van der Waals surface area contributed by atoms with E-state index in [4.69, 9.17) is 0 Å². The van der Waals surface area contributed by atoms with Gasteiger partial charge in [0.1, 0.15) is 0 Å². The minimum absolute atomic E-state index is 0.00504. The Morgan fingerprint density at radius 1 is 1.15 bits per heavy atom. The zero-order valence-corrected chi connectivity index (χ0v) is 16.0. The van der Waals surface area contributed by atoms with E-state index < -0.39 is 16.1 Å². The first kappa shape index (κ1) is 19.3. The second-order valence-corrected chi connectivity index (χ2v) is 8.77. The predicted molar refractivity (Wildman–Crippen MR) is 104 cm³/mol. The highest BCUT2D eigenvalue weighted by atomic mass is 32.2. The first-order chi connectivity index (χ1) is 12.4. The minimum Gasteiger partial charge on any atom is -0.390 e. The maximum atomic E-state index is 12.7. The van der Waals surface area contributed by atoms with Gasteiger partial charge >= 0.3 is 0 Å². The van der Waals surface area contributed by atoms with Crippen molar-refractivity contribution in [1.82, 2.24) is 14.9 Å². The van der Waals surface area contributed by atoms with E-state index in [1.807, 2.05) is 24.3 Å². The number of aliphatic hydroxyl groups excluding tert-OH is 1. The average molecular weight is 378 g/mol. The number of sulfonamides is 1. The molecule has 2 aromatic carbocycles. The second-order valence-electron chi connectivity index (χ2n) is 7.04. The summed E-state index contributed by atoms with van der Waals surface area (Å²) < 4.78 is 28.0. The number of piperazine rings is 1. The van der Waals surface area contributed by atoms with Gasteiger partial charge in [0.25, 0.3) is 0 Å². The van der Waals surface area contributed by atoms with Gasteiger partial charge in [0.15, 0.2) is 0 Å². The van der Waals surface area contributed by atoms with Crippen LogP contribution in [0.5, 0.6) is 0 Å². The van der Waals surface area contributed by atoms with E-state index in [0.717, 1.165) is 18.5 Å². The van der Waals surface area contributed by atoms with E-state index in [9.17, 15) is 13.5 Å². The van der Waals surface area contributed by atoms with Crippen LogP contribution < -0.4 is 10.0 Å². The molecule has 3 atom stereocenters. The number of rotatable bonds is 6. The number of hydrogen-bond acceptors (Lipinski definition) is 5. The van der Waals surface area contributed by atoms with Crippen LogP contribution in [0.15, 0.2) is 47.4 Å². The Bertz CT molecular complexity index is 841. The Kier molecular flexibility index (Phi) is 5.94. The Balaban J connectivity index is 1.68. The van der Waals surface area contributed by atoms with E-state index in [1.54, 1.807) is 18.2 Å². The van der Waals surface area contributed by atoms with Crippen LogP contribution in [-0.4, -0.2) is 62.8 Å². The fourth-order valence-corrected chi connectivity index (χ4v) is 4.85. The Morgan fingerprint density at radius 2 is 1.81 bits per heavy atom. The van der Waals surface area contributed by atoms with Crippen LogP contribution in [0.25, 0.3) is 10.8 Å². The number of nitrogens with zero attached hydrogens (tertiary/aromatic N) is 1. The van der Waals surface area contributed by atoms with Crippen LogP contribution in [0.3, 0.4) is 0 Å². The molecule has 0 aliphatic carbocycles. The monoisotopic (exact) mass is 377 g/mol. The van der Waals surface area contributed by atoms with Gasteiger partial charge in [-0.3, -0.25) is 4.90 Å². The first-order valence-electron chi connectivity index (χ1n) is 9.00. The number of benzene rings is 2. The van der Waals surface area contributed by atoms with Crippen molar-refractivity contribution in [1.29, 1.82) is 0 Å². The first-order valence-corrected chi connectivity index (χ1v) is 10.5. The highest BCUT2D eigenvalue weighted by Crippen LogP contribution is 2.22. The van der Waals surface area contributed by atoms with Gasteiger partial charge in [-0.15, -0.1) is 0 Å². The third-order valence-electron chi connectivity index (χ3n) is 4.98. The van der Waals surface area contributed by atoms with Crippen molar-refractivity contribution < 1.29 is 13.5 Å². The van der Waals surface area contributed by atoms with E-state index in [1.165, 1.54) is 0 Å². The van der Waals surface area contributed by atoms with Crippen molar-refractivity contribution in [2.24, 2.45) is 0 Å². The molecule has 1 heterocycles. The van der Waals surface area contributed by atoms with Gasteiger partial charge in [0.05, 0.1) is 11.0 Å². The highest BCUT2D eigenvalue weighted by molar-refractivity contribution is 7.89. The molecule has 0 spiro atoms. The highest BCUT2D eigenvalue weighted by Gasteiger charge is 2.27. The van der Waals surface area contributed by atoms with Crippen LogP contribution in [0, 0.1) is 0 Å². The lowest BCUT2D eigenvalue weighted by molar-refractivity contribution is 0.0518. The lowest BCUT2D eigenvalue weighted by Crippen LogP contribution is -2.57. The smallest absolute Gasteiger partial charge is 0.241 e. The quantitative estimate of drug-likeness (QED) is 0.704. The summed E-state index contributed by atoms with van der Waals surface area (Å²) in [4.78, 5) is 2.46. The number of nitrogens with one attached hydrogen (secondary N) is 2. The summed E-state index contributed by atoms with van der Waals surface area (Å²) in [5.74, 6) is 0. The molecule has 0 amide bonds. The predicted octanol–water partition coefficient (Wildman–Crippen LogP) is 1.16. The Hall–Kier alpha value is -1.51. The molecule has 3 N–H and O–H groups in total. The third-order valence-corrected chi connectivity index (χ3v) is 6.46. The fraction of sp³-hybridized carbons (Fsp3) is 0.474. The van der Waals surface area contributed by atoms with Crippen LogP contribution >= 0.6 is 0 Å². The molecule has 1 saturated heterocycles. The Labute approximate surface area is 155 Å². The third kappa shape index (κ3) is 4.24. The van der Waals surface area contributed by atoms with Gasteiger partial charge in [-0.2, -0.15) is 0 Å². The molecule has 1 aliphatic heterocycles. The maximum Gasteiger partial charge on any atom is 0.241 e. The lowest BCUT2D eigenvalue weighted by atomic mass is 10.1. The van der Waals surface area contributed by atoms with E-state index in [2.05, 4.69) is 28.8 Å². The van der Waals surface area contributed by atoms with Gasteiger partial charge in [-0.1, -0.05) is 36.4 Å². The van der Waals surface area contributed by atoms with Crippen LogP contribution in [0.4, 0.5) is 0 Å². The summed E-state index contributed by atoms with van der Waals surface area (Å²) >= 11 is 0. The molecule has 0 aromatic heterocycles. The molecule has 0 bridgehead atoms. The molecule has 2 unspecified atom stereocenters. The van der Waals surface area contributed by atoms with Crippen LogP contribution in [-0.2, 0) is 10.0 Å². The van der Waals surface area contributed by atoms with Gasteiger partial charge in [-0.25, -0.2) is 13.1 Å². The zero-order chi connectivity index (χ0) is 18.7. The van der Waals surface area contributed by atoms with Crippen molar-refractivity contribution in [3.63, 3.8) is 0 Å². The van der Waals surface area contributed by atoms with Crippen molar-refractivity contribution in [3.8, 4) is 0 Å². The molecular formula is C19H27N3O3S. The number of aliphatic hydroxyl groups is 1. The van der Waals surface area contributed by atoms with Gasteiger partial charge in [-0.05, 0) is 25.3 Å². The summed E-state index contributed by atoms with van der Waals surface area (Å²) in [7, 11) is -3.69. The summed E-state index contributed by atoms with van der Waals surface area (Å²) in [5, 5.41) is 15.3. The minimum atomic E-state index is -3.69. The average Bonchev–Trinajstić information content (AvgIpc) is 2.63. The standard InChI is InChI=1S/C19H27N3O3S/c1-14-10-20-11-15(2)22(14)13-17(23)12-21-26(24,25)19-9-5-7-16-6-3-4-8-18(16)19/h3-9,14-15,17,20-21,23H,10-13H2,1-2H3/t14?,15?,17-/m1/s1. The van der Waals surface area contributed by atoms with Crippen molar-refractivity contribution >= 4 is 20.8 Å². The molecular weight excluding hydrogens is 350 g/mol. The maximum absolute atomic E-state index is 12.7. The van der Waals surface area contributed by atoms with Crippen molar-refractivity contribution in [2.75, 3.05) is 26.2 Å². The fourth-order valence-electron chi connectivity index (χ4n) is 3.55. The zero-order valence-electron chi connectivity index (χ0n) is 15.2. The van der Waals surface area contributed by atoms with E-state index in [0.29, 0.717) is 24.0 Å². The van der Waals surface area contributed by atoms with Crippen molar-refractivity contribution in [2.45, 2.75) is 36.9 Å². The number of β-amino-alcohol motifs (C(OH)–C–C–N with tert-alkyl or cyclic N) is 1. The topological polar surface area (TPSA) is 81.7 Å². The molecule has 1 fully saturated rings. The number of hydrogen-bond donors (Lipinski definition) is 3. The molecule has 6 nitrogen and oxygen atoms in total. The molecule has 0 saturated carbocycles. The molecule has 7 heteroatoms. The van der Waals surface area contributed by atoms with E-state index in [-0.39, 0.29) is 11.4 Å². The normalized spacial score (nSPS) is 23.2. The summed E-state index contributed by atoms with van der Waals surface area (Å²) in [6.45, 7) is 6.40. The number of fused-ring (bicyclic) bond motifs is 1. The molecule has 0 radical (unpaired) electrons. The summed E-state index contributed by atoms with van der Waals surface area (Å²) in [6, 6.07) is 13.2. The summed E-state index contributed by atoms with van der Waals surface area (Å²) in [5.41, 5.74) is 0. The molecule has 3 rings (SSSR count). The van der Waals surface area contributed by atoms with Crippen LogP contribution in [0.2, 0.25) is 0 Å². The van der Waals surface area contributed by atoms with Crippen LogP contribution in [0.1, 0.15) is 13.8 Å². The molecule has 26 heavy (non-hydrogen) atoms. The largest absolute Gasteiger partial charge is 0.390 e. The molecule has 1 aliphatic rings. The van der Waals surface area contributed by atoms with Gasteiger partial charge < -0.3 is 10.4 Å². The van der Waals surface area contributed by atoms with Gasteiger partial charge in [0, 0.05) is 43.6 Å². The molecule has 2 aromatic rings. The SMILES string of the molecule is CC1CNCC(C)N1C[C@H](O)CNS(=O)(=O)c1cccc2ccccc12. The van der Waals surface area contributed by atoms with E-state index >= 15 is 0 Å².